The first-order valence-electron chi connectivity index (χ1n) is 8.44. The second-order valence-electron chi connectivity index (χ2n) is 7.60. The minimum absolute atomic E-state index is 0.0379. The minimum atomic E-state index is -0.536. The zero-order valence-electron chi connectivity index (χ0n) is 14.6. The van der Waals surface area contributed by atoms with Crippen molar-refractivity contribution in [2.75, 3.05) is 7.11 Å². The van der Waals surface area contributed by atoms with Gasteiger partial charge in [-0.15, -0.1) is 0 Å². The Bertz CT molecular complexity index is 436. The molecule has 1 heterocycles. The standard InChI is InChI=1S/C17H30N2O3/c1-9(2)14(18-17(21)22-6)16(20)19-12-7-11(5)13(8-12)15(19)10(3)4/h9-15H,7-8H2,1-6H3,(H,18,21)/t11-,12-,13-,14+,15-/m1/s1. The van der Waals surface area contributed by atoms with Crippen LogP contribution in [0.15, 0.2) is 0 Å². The van der Waals surface area contributed by atoms with Crippen molar-refractivity contribution in [2.45, 2.75) is 65.6 Å². The summed E-state index contributed by atoms with van der Waals surface area (Å²) in [5, 5.41) is 2.72. The van der Waals surface area contributed by atoms with E-state index >= 15 is 0 Å². The van der Waals surface area contributed by atoms with E-state index in [0.717, 1.165) is 12.8 Å². The number of nitrogens with zero attached hydrogens (tertiary/aromatic N) is 1. The number of methoxy groups -OCH3 is 1. The molecule has 5 nitrogen and oxygen atoms in total. The number of likely N-dealkylation sites (tertiary alicyclic amines) is 1. The zero-order valence-corrected chi connectivity index (χ0v) is 14.6. The van der Waals surface area contributed by atoms with Gasteiger partial charge in [-0.3, -0.25) is 4.79 Å². The van der Waals surface area contributed by atoms with E-state index in [0.29, 0.717) is 29.8 Å². The zero-order chi connectivity index (χ0) is 16.6. The first-order valence-corrected chi connectivity index (χ1v) is 8.44. The van der Waals surface area contributed by atoms with Gasteiger partial charge in [-0.1, -0.05) is 34.6 Å². The summed E-state index contributed by atoms with van der Waals surface area (Å²) >= 11 is 0. The van der Waals surface area contributed by atoms with Crippen molar-refractivity contribution in [1.82, 2.24) is 10.2 Å². The highest BCUT2D eigenvalue weighted by atomic mass is 16.5. The van der Waals surface area contributed by atoms with Gasteiger partial charge in [-0.2, -0.15) is 0 Å². The van der Waals surface area contributed by atoms with Crippen LogP contribution in [0.4, 0.5) is 4.79 Å². The predicted molar refractivity (Wildman–Crippen MR) is 85.3 cm³/mol. The molecule has 22 heavy (non-hydrogen) atoms. The van der Waals surface area contributed by atoms with Crippen molar-refractivity contribution in [2.24, 2.45) is 23.7 Å². The highest BCUT2D eigenvalue weighted by Gasteiger charge is 2.53. The highest BCUT2D eigenvalue weighted by Crippen LogP contribution is 2.48. The topological polar surface area (TPSA) is 58.6 Å². The van der Waals surface area contributed by atoms with Crippen molar-refractivity contribution in [1.29, 1.82) is 0 Å². The molecule has 1 aliphatic heterocycles. The molecule has 0 spiro atoms. The lowest BCUT2D eigenvalue weighted by Crippen LogP contribution is -2.57. The number of nitrogens with one attached hydrogen (secondary N) is 1. The number of piperidine rings is 1. The molecule has 5 heteroatoms. The van der Waals surface area contributed by atoms with Gasteiger partial charge < -0.3 is 15.0 Å². The van der Waals surface area contributed by atoms with Gasteiger partial charge in [0, 0.05) is 12.1 Å². The Morgan fingerprint density at radius 1 is 1.18 bits per heavy atom. The smallest absolute Gasteiger partial charge is 0.407 e. The van der Waals surface area contributed by atoms with Gasteiger partial charge in [-0.25, -0.2) is 4.79 Å². The molecule has 2 aliphatic rings. The third-order valence-corrected chi connectivity index (χ3v) is 5.40. The third-order valence-electron chi connectivity index (χ3n) is 5.40. The SMILES string of the molecule is COC(=O)N[C@H](C(=O)N1[C@H]2C[C@H]([C@H](C)C2)[C@H]1C(C)C)C(C)C. The Balaban J connectivity index is 2.20. The van der Waals surface area contributed by atoms with E-state index in [1.54, 1.807) is 0 Å². The maximum Gasteiger partial charge on any atom is 0.407 e. The molecule has 1 aliphatic carbocycles. The number of rotatable bonds is 4. The summed E-state index contributed by atoms with van der Waals surface area (Å²) < 4.78 is 4.68. The number of carbonyl (C=O) groups excluding carboxylic acids is 2. The monoisotopic (exact) mass is 310 g/mol. The predicted octanol–water partition coefficient (Wildman–Crippen LogP) is 2.65. The van der Waals surface area contributed by atoms with Crippen LogP contribution in [-0.4, -0.2) is 42.1 Å². The largest absolute Gasteiger partial charge is 0.453 e. The van der Waals surface area contributed by atoms with Gasteiger partial charge in [0.05, 0.1) is 7.11 Å². The summed E-state index contributed by atoms with van der Waals surface area (Å²) in [6.45, 7) is 10.6. The number of ether oxygens (including phenoxy) is 1. The fourth-order valence-corrected chi connectivity index (χ4v) is 4.40. The molecule has 5 atom stereocenters. The first-order chi connectivity index (χ1) is 10.3. The average molecular weight is 310 g/mol. The summed E-state index contributed by atoms with van der Waals surface area (Å²) in [5.74, 6) is 1.81. The van der Waals surface area contributed by atoms with Crippen molar-refractivity contribution >= 4 is 12.0 Å². The van der Waals surface area contributed by atoms with Crippen molar-refractivity contribution < 1.29 is 14.3 Å². The molecule has 2 fully saturated rings. The van der Waals surface area contributed by atoms with Gasteiger partial charge in [-0.05, 0) is 36.5 Å². The van der Waals surface area contributed by atoms with E-state index in [9.17, 15) is 9.59 Å². The van der Waals surface area contributed by atoms with Crippen LogP contribution in [0.5, 0.6) is 0 Å². The van der Waals surface area contributed by atoms with Crippen LogP contribution in [-0.2, 0) is 9.53 Å². The Kier molecular flexibility index (Phi) is 5.03. The summed E-state index contributed by atoms with van der Waals surface area (Å²) in [6, 6.07) is 0.117. The number of hydrogen-bond donors (Lipinski definition) is 1. The Hall–Kier alpha value is -1.26. The fourth-order valence-electron chi connectivity index (χ4n) is 4.40. The maximum absolute atomic E-state index is 13.1. The average Bonchev–Trinajstić information content (AvgIpc) is 2.99. The lowest BCUT2D eigenvalue weighted by atomic mass is 9.82. The molecule has 0 aromatic rings. The number of alkyl carbamates (subject to hydrolysis) is 1. The van der Waals surface area contributed by atoms with E-state index in [2.05, 4.69) is 35.7 Å². The van der Waals surface area contributed by atoms with Gasteiger partial charge in [0.2, 0.25) is 5.91 Å². The second kappa shape index (κ2) is 6.47. The van der Waals surface area contributed by atoms with Gasteiger partial charge in [0.15, 0.2) is 0 Å². The quantitative estimate of drug-likeness (QED) is 0.868. The van der Waals surface area contributed by atoms with E-state index < -0.39 is 12.1 Å². The summed E-state index contributed by atoms with van der Waals surface area (Å²) in [5.41, 5.74) is 0. The molecule has 2 amide bonds. The van der Waals surface area contributed by atoms with Crippen molar-refractivity contribution in [3.8, 4) is 0 Å². The van der Waals surface area contributed by atoms with Crippen molar-refractivity contribution in [3.63, 3.8) is 0 Å². The molecule has 1 saturated heterocycles. The molecule has 1 saturated carbocycles. The Labute approximate surface area is 133 Å². The molecule has 126 valence electrons. The Morgan fingerprint density at radius 3 is 2.32 bits per heavy atom. The number of fused-ring (bicyclic) bond motifs is 2. The molecule has 0 aromatic carbocycles. The fraction of sp³-hybridized carbons (Fsp3) is 0.882. The molecule has 2 bridgehead atoms. The van der Waals surface area contributed by atoms with Crippen LogP contribution in [0.25, 0.3) is 0 Å². The van der Waals surface area contributed by atoms with Crippen LogP contribution in [0.2, 0.25) is 0 Å². The highest BCUT2D eigenvalue weighted by molar-refractivity contribution is 5.86. The van der Waals surface area contributed by atoms with E-state index in [1.165, 1.54) is 7.11 Å². The van der Waals surface area contributed by atoms with Gasteiger partial charge in [0.1, 0.15) is 6.04 Å². The van der Waals surface area contributed by atoms with Crippen LogP contribution in [0.3, 0.4) is 0 Å². The first kappa shape index (κ1) is 17.1. The number of carbonyl (C=O) groups is 2. The summed E-state index contributed by atoms with van der Waals surface area (Å²) in [6.07, 6.45) is 1.66. The minimum Gasteiger partial charge on any atom is -0.453 e. The van der Waals surface area contributed by atoms with Crippen LogP contribution >= 0.6 is 0 Å². The molecule has 1 N–H and O–H groups in total. The lowest BCUT2D eigenvalue weighted by molar-refractivity contribution is -0.140. The molecular weight excluding hydrogens is 280 g/mol. The molecule has 0 radical (unpaired) electrons. The number of amides is 2. The molecule has 2 rings (SSSR count). The molecular formula is C17H30N2O3. The number of hydrogen-bond acceptors (Lipinski definition) is 3. The summed E-state index contributed by atoms with van der Waals surface area (Å²) in [7, 11) is 1.33. The van der Waals surface area contributed by atoms with E-state index in [-0.39, 0.29) is 11.8 Å². The van der Waals surface area contributed by atoms with Gasteiger partial charge >= 0.3 is 6.09 Å². The van der Waals surface area contributed by atoms with Crippen LogP contribution in [0, 0.1) is 23.7 Å². The van der Waals surface area contributed by atoms with Crippen LogP contribution < -0.4 is 5.32 Å². The normalized spacial score (nSPS) is 31.7. The van der Waals surface area contributed by atoms with Crippen molar-refractivity contribution in [3.05, 3.63) is 0 Å². The second-order valence-corrected chi connectivity index (χ2v) is 7.60. The van der Waals surface area contributed by atoms with E-state index in [1.807, 2.05) is 13.8 Å². The molecule has 0 aromatic heterocycles. The summed E-state index contributed by atoms with van der Waals surface area (Å²) in [4.78, 5) is 26.8. The maximum atomic E-state index is 13.1. The lowest BCUT2D eigenvalue weighted by Gasteiger charge is -2.42. The Morgan fingerprint density at radius 2 is 1.82 bits per heavy atom. The third kappa shape index (κ3) is 2.95. The van der Waals surface area contributed by atoms with Crippen LogP contribution in [0.1, 0.15) is 47.5 Å². The van der Waals surface area contributed by atoms with E-state index in [4.69, 9.17) is 0 Å². The van der Waals surface area contributed by atoms with Gasteiger partial charge in [0.25, 0.3) is 0 Å². The molecule has 0 unspecified atom stereocenters.